The lowest BCUT2D eigenvalue weighted by atomic mass is 10.1. The van der Waals surface area contributed by atoms with E-state index in [4.69, 9.17) is 18.9 Å². The number of pyridine rings is 1. The van der Waals surface area contributed by atoms with Gasteiger partial charge in [-0.25, -0.2) is 4.79 Å². The summed E-state index contributed by atoms with van der Waals surface area (Å²) in [5.74, 6) is 1.80. The zero-order valence-electron chi connectivity index (χ0n) is 17.3. The van der Waals surface area contributed by atoms with Gasteiger partial charge in [0.05, 0.1) is 28.4 Å². The number of methoxy groups -OCH3 is 4. The summed E-state index contributed by atoms with van der Waals surface area (Å²) in [7, 11) is 6.02. The van der Waals surface area contributed by atoms with Gasteiger partial charge in [-0.15, -0.1) is 0 Å². The standard InChI is InChI=1S/C21H23N3O6/c1-11-16-14(10-15(28-3)18(29-4)19(16)30-5)17(20(25)22-11)24-21(26)23-12-6-8-13(27-2)9-7-12/h6-10H,1-5H3,(H,22,25)(H2,23,24,26). The van der Waals surface area contributed by atoms with Crippen molar-refractivity contribution in [1.29, 1.82) is 0 Å². The molecule has 158 valence electrons. The van der Waals surface area contributed by atoms with Crippen molar-refractivity contribution in [2.75, 3.05) is 39.1 Å². The minimum Gasteiger partial charge on any atom is -0.497 e. The molecule has 0 saturated carbocycles. The molecule has 0 aliphatic carbocycles. The first-order valence-corrected chi connectivity index (χ1v) is 9.01. The average Bonchev–Trinajstić information content (AvgIpc) is 2.75. The first-order valence-electron chi connectivity index (χ1n) is 9.01. The number of anilines is 2. The Labute approximate surface area is 172 Å². The van der Waals surface area contributed by atoms with E-state index in [0.717, 1.165) is 0 Å². The molecule has 3 rings (SSSR count). The smallest absolute Gasteiger partial charge is 0.323 e. The number of rotatable bonds is 6. The van der Waals surface area contributed by atoms with Gasteiger partial charge < -0.3 is 34.6 Å². The second-order valence-electron chi connectivity index (χ2n) is 6.33. The highest BCUT2D eigenvalue weighted by atomic mass is 16.5. The van der Waals surface area contributed by atoms with Crippen molar-refractivity contribution >= 4 is 28.2 Å². The molecule has 0 radical (unpaired) electrons. The summed E-state index contributed by atoms with van der Waals surface area (Å²) >= 11 is 0. The Morgan fingerprint density at radius 2 is 1.57 bits per heavy atom. The molecule has 3 N–H and O–H groups in total. The van der Waals surface area contributed by atoms with Crippen LogP contribution in [0.5, 0.6) is 23.0 Å². The Kier molecular flexibility index (Phi) is 6.01. The van der Waals surface area contributed by atoms with Crippen LogP contribution in [-0.2, 0) is 0 Å². The summed E-state index contributed by atoms with van der Waals surface area (Å²) in [6.45, 7) is 1.74. The second kappa shape index (κ2) is 8.64. The van der Waals surface area contributed by atoms with E-state index in [2.05, 4.69) is 15.6 Å². The number of hydrogen-bond acceptors (Lipinski definition) is 6. The van der Waals surface area contributed by atoms with Gasteiger partial charge >= 0.3 is 6.03 Å². The zero-order chi connectivity index (χ0) is 21.8. The molecule has 0 saturated heterocycles. The monoisotopic (exact) mass is 413 g/mol. The fraction of sp³-hybridized carbons (Fsp3) is 0.238. The number of carbonyl (C=O) groups is 1. The van der Waals surface area contributed by atoms with Crippen LogP contribution in [0.2, 0.25) is 0 Å². The normalized spacial score (nSPS) is 10.4. The maximum absolute atomic E-state index is 12.7. The van der Waals surface area contributed by atoms with E-state index in [0.29, 0.717) is 45.2 Å². The van der Waals surface area contributed by atoms with Crippen LogP contribution in [0.4, 0.5) is 16.2 Å². The number of fused-ring (bicyclic) bond motifs is 1. The number of aryl methyl sites for hydroxylation is 1. The Bertz CT molecular complexity index is 1140. The molecule has 2 amide bonds. The summed E-state index contributed by atoms with van der Waals surface area (Å²) in [4.78, 5) is 27.9. The fourth-order valence-electron chi connectivity index (χ4n) is 3.22. The fourth-order valence-corrected chi connectivity index (χ4v) is 3.22. The third-order valence-electron chi connectivity index (χ3n) is 4.59. The van der Waals surface area contributed by atoms with Crippen molar-refractivity contribution in [2.24, 2.45) is 0 Å². The van der Waals surface area contributed by atoms with Crippen molar-refractivity contribution in [1.82, 2.24) is 4.98 Å². The highest BCUT2D eigenvalue weighted by Gasteiger charge is 2.22. The van der Waals surface area contributed by atoms with Crippen LogP contribution in [0.1, 0.15) is 5.69 Å². The summed E-state index contributed by atoms with van der Waals surface area (Å²) in [6.07, 6.45) is 0. The maximum atomic E-state index is 12.7. The van der Waals surface area contributed by atoms with Crippen LogP contribution in [0.25, 0.3) is 10.8 Å². The molecule has 0 bridgehead atoms. The lowest BCUT2D eigenvalue weighted by Crippen LogP contribution is -2.25. The van der Waals surface area contributed by atoms with E-state index in [1.54, 1.807) is 44.4 Å². The van der Waals surface area contributed by atoms with Gasteiger partial charge in [0, 0.05) is 22.2 Å². The molecule has 0 aliphatic heterocycles. The van der Waals surface area contributed by atoms with E-state index in [-0.39, 0.29) is 5.69 Å². The molecule has 0 fully saturated rings. The summed E-state index contributed by atoms with van der Waals surface area (Å²) in [5, 5.41) is 6.35. The third-order valence-corrected chi connectivity index (χ3v) is 4.59. The predicted molar refractivity (Wildman–Crippen MR) is 115 cm³/mol. The molecule has 30 heavy (non-hydrogen) atoms. The van der Waals surface area contributed by atoms with Gasteiger partial charge in [0.1, 0.15) is 11.4 Å². The quantitative estimate of drug-likeness (QED) is 0.570. The average molecular weight is 413 g/mol. The number of nitrogens with one attached hydrogen (secondary N) is 3. The number of ether oxygens (including phenoxy) is 4. The summed E-state index contributed by atoms with van der Waals surface area (Å²) in [6, 6.07) is 7.85. The zero-order valence-corrected chi connectivity index (χ0v) is 17.3. The highest BCUT2D eigenvalue weighted by molar-refractivity contribution is 6.08. The third kappa shape index (κ3) is 3.82. The Balaban J connectivity index is 2.06. The Morgan fingerprint density at radius 3 is 2.13 bits per heavy atom. The molecule has 0 aliphatic rings. The topological polar surface area (TPSA) is 111 Å². The number of aromatic nitrogens is 1. The molecule has 9 heteroatoms. The first-order chi connectivity index (χ1) is 14.4. The number of amides is 2. The molecule has 0 unspecified atom stereocenters. The van der Waals surface area contributed by atoms with Crippen molar-refractivity contribution in [3.63, 3.8) is 0 Å². The number of carbonyl (C=O) groups excluding carboxylic acids is 1. The second-order valence-corrected chi connectivity index (χ2v) is 6.33. The minimum atomic E-state index is -0.579. The van der Waals surface area contributed by atoms with Crippen LogP contribution >= 0.6 is 0 Å². The molecule has 0 spiro atoms. The number of benzene rings is 2. The van der Waals surface area contributed by atoms with Gasteiger partial charge in [-0.05, 0) is 37.3 Å². The van der Waals surface area contributed by atoms with Gasteiger partial charge in [0.15, 0.2) is 11.5 Å². The van der Waals surface area contributed by atoms with Crippen LogP contribution in [0.3, 0.4) is 0 Å². The first kappa shape index (κ1) is 20.8. The van der Waals surface area contributed by atoms with Crippen LogP contribution in [0.15, 0.2) is 35.1 Å². The van der Waals surface area contributed by atoms with Gasteiger partial charge in [-0.2, -0.15) is 0 Å². The van der Waals surface area contributed by atoms with Gasteiger partial charge in [0.2, 0.25) is 5.75 Å². The Morgan fingerprint density at radius 1 is 0.900 bits per heavy atom. The lowest BCUT2D eigenvalue weighted by molar-refractivity contribution is 0.262. The number of hydrogen-bond donors (Lipinski definition) is 3. The Hall–Kier alpha value is -3.88. The van der Waals surface area contributed by atoms with Crippen LogP contribution < -0.4 is 35.1 Å². The van der Waals surface area contributed by atoms with Gasteiger partial charge in [-0.3, -0.25) is 4.79 Å². The predicted octanol–water partition coefficient (Wildman–Crippen LogP) is 3.51. The van der Waals surface area contributed by atoms with E-state index in [1.165, 1.54) is 21.3 Å². The highest BCUT2D eigenvalue weighted by Crippen LogP contribution is 2.45. The molecule has 0 atom stereocenters. The maximum Gasteiger partial charge on any atom is 0.323 e. The van der Waals surface area contributed by atoms with Crippen molar-refractivity contribution in [3.8, 4) is 23.0 Å². The molecule has 1 heterocycles. The molecular weight excluding hydrogens is 390 g/mol. The number of urea groups is 1. The molecule has 2 aromatic carbocycles. The van der Waals surface area contributed by atoms with E-state index < -0.39 is 11.6 Å². The van der Waals surface area contributed by atoms with Crippen molar-refractivity contribution < 1.29 is 23.7 Å². The summed E-state index contributed by atoms with van der Waals surface area (Å²) < 4.78 is 21.4. The van der Waals surface area contributed by atoms with Crippen molar-refractivity contribution in [2.45, 2.75) is 6.92 Å². The minimum absolute atomic E-state index is 0.0564. The largest absolute Gasteiger partial charge is 0.497 e. The number of aromatic amines is 1. The summed E-state index contributed by atoms with van der Waals surface area (Å²) in [5.41, 5.74) is 0.701. The molecule has 9 nitrogen and oxygen atoms in total. The van der Waals surface area contributed by atoms with Crippen molar-refractivity contribution in [3.05, 3.63) is 46.4 Å². The number of H-pyrrole nitrogens is 1. The van der Waals surface area contributed by atoms with Crippen LogP contribution in [0, 0.1) is 6.92 Å². The molecular formula is C21H23N3O6. The molecule has 1 aromatic heterocycles. The molecule has 3 aromatic rings. The van der Waals surface area contributed by atoms with E-state index in [9.17, 15) is 9.59 Å². The van der Waals surface area contributed by atoms with Crippen LogP contribution in [-0.4, -0.2) is 39.5 Å². The lowest BCUT2D eigenvalue weighted by Gasteiger charge is -2.18. The SMILES string of the molecule is COc1ccc(NC(=O)Nc2c(=O)[nH]c(C)c3c(OC)c(OC)c(OC)cc23)cc1. The van der Waals surface area contributed by atoms with Gasteiger partial charge in [-0.1, -0.05) is 0 Å². The van der Waals surface area contributed by atoms with Gasteiger partial charge in [0.25, 0.3) is 5.56 Å². The van der Waals surface area contributed by atoms with E-state index in [1.807, 2.05) is 0 Å². The van der Waals surface area contributed by atoms with E-state index >= 15 is 0 Å².